The molecule has 1 amide bonds. The number of anilines is 1. The van der Waals surface area contributed by atoms with E-state index in [0.717, 1.165) is 5.69 Å². The molecule has 2 rings (SSSR count). The number of hydrogen-bond donors (Lipinski definition) is 1. The molecule has 1 saturated heterocycles. The van der Waals surface area contributed by atoms with Crippen molar-refractivity contribution in [2.45, 2.75) is 39.3 Å². The van der Waals surface area contributed by atoms with E-state index in [1.807, 2.05) is 39.8 Å². The van der Waals surface area contributed by atoms with Crippen LogP contribution in [0.5, 0.6) is 0 Å². The first-order valence-corrected chi connectivity index (χ1v) is 7.75. The summed E-state index contributed by atoms with van der Waals surface area (Å²) >= 11 is 0. The smallest absolute Gasteiger partial charge is 0.410 e. The minimum absolute atomic E-state index is 0.131. The second-order valence-electron chi connectivity index (χ2n) is 6.82. The number of carboxylic acid groups (broad SMARTS) is 1. The number of carboxylic acids is 1. The zero-order chi connectivity index (χ0) is 17.2. The zero-order valence-electron chi connectivity index (χ0n) is 14.1. The van der Waals surface area contributed by atoms with Gasteiger partial charge in [0, 0.05) is 31.4 Å². The Kier molecular flexibility index (Phi) is 4.82. The molecule has 1 unspecified atom stereocenters. The molecule has 1 aliphatic heterocycles. The van der Waals surface area contributed by atoms with Crippen LogP contribution in [0.2, 0.25) is 0 Å². The van der Waals surface area contributed by atoms with Gasteiger partial charge in [-0.1, -0.05) is 0 Å². The summed E-state index contributed by atoms with van der Waals surface area (Å²) in [6.45, 7) is 9.46. The third kappa shape index (κ3) is 4.37. The summed E-state index contributed by atoms with van der Waals surface area (Å²) < 4.78 is 5.41. The van der Waals surface area contributed by atoms with Crippen molar-refractivity contribution < 1.29 is 19.4 Å². The summed E-state index contributed by atoms with van der Waals surface area (Å²) in [7, 11) is 0. The first-order valence-electron chi connectivity index (χ1n) is 7.75. The molecule has 1 fully saturated rings. The third-order valence-corrected chi connectivity index (χ3v) is 3.73. The Balaban J connectivity index is 2.01. The summed E-state index contributed by atoms with van der Waals surface area (Å²) in [4.78, 5) is 26.9. The Hall–Kier alpha value is -2.24. The molecule has 0 spiro atoms. The van der Waals surface area contributed by atoms with Crippen molar-refractivity contribution in [1.29, 1.82) is 0 Å². The molecule has 1 aliphatic rings. The number of hydrogen-bond acceptors (Lipinski definition) is 4. The quantitative estimate of drug-likeness (QED) is 0.907. The molecule has 0 aliphatic carbocycles. The van der Waals surface area contributed by atoms with Crippen LogP contribution >= 0.6 is 0 Å². The molecule has 1 aromatic rings. The minimum atomic E-state index is -0.931. The molecule has 1 heterocycles. The minimum Gasteiger partial charge on any atom is -0.478 e. The predicted molar refractivity (Wildman–Crippen MR) is 88.0 cm³/mol. The van der Waals surface area contributed by atoms with Gasteiger partial charge in [-0.25, -0.2) is 9.59 Å². The fraction of sp³-hybridized carbons (Fsp3) is 0.529. The van der Waals surface area contributed by atoms with Gasteiger partial charge in [0.05, 0.1) is 5.56 Å². The lowest BCUT2D eigenvalue weighted by molar-refractivity contribution is 0.0218. The molecule has 0 bridgehead atoms. The fourth-order valence-electron chi connectivity index (χ4n) is 2.63. The highest BCUT2D eigenvalue weighted by Gasteiger charge is 2.29. The number of aromatic carboxylic acids is 1. The highest BCUT2D eigenvalue weighted by Crippen LogP contribution is 2.22. The second kappa shape index (κ2) is 6.48. The van der Waals surface area contributed by atoms with Crippen LogP contribution in [0.3, 0.4) is 0 Å². The van der Waals surface area contributed by atoms with Crippen LogP contribution in [0.15, 0.2) is 24.3 Å². The lowest BCUT2D eigenvalue weighted by atomic mass is 10.1. The number of piperazine rings is 1. The van der Waals surface area contributed by atoms with Gasteiger partial charge < -0.3 is 19.6 Å². The Morgan fingerprint density at radius 3 is 2.26 bits per heavy atom. The van der Waals surface area contributed by atoms with Gasteiger partial charge in [0.1, 0.15) is 5.60 Å². The van der Waals surface area contributed by atoms with Crippen LogP contribution < -0.4 is 4.90 Å². The van der Waals surface area contributed by atoms with Gasteiger partial charge in [-0.3, -0.25) is 0 Å². The monoisotopic (exact) mass is 320 g/mol. The van der Waals surface area contributed by atoms with Gasteiger partial charge in [-0.2, -0.15) is 0 Å². The number of ether oxygens (including phenoxy) is 1. The second-order valence-corrected chi connectivity index (χ2v) is 6.82. The van der Waals surface area contributed by atoms with Gasteiger partial charge in [0.2, 0.25) is 0 Å². The SMILES string of the molecule is CC1CN(C(=O)OC(C)(C)C)CCN1c1ccc(C(=O)O)cc1. The third-order valence-electron chi connectivity index (χ3n) is 3.73. The molecule has 0 saturated carbocycles. The zero-order valence-corrected chi connectivity index (χ0v) is 14.1. The number of benzene rings is 1. The van der Waals surface area contributed by atoms with E-state index in [9.17, 15) is 9.59 Å². The Morgan fingerprint density at radius 2 is 1.78 bits per heavy atom. The van der Waals surface area contributed by atoms with Crippen molar-refractivity contribution in [3.8, 4) is 0 Å². The highest BCUT2D eigenvalue weighted by atomic mass is 16.6. The lowest BCUT2D eigenvalue weighted by Gasteiger charge is -2.41. The molecule has 23 heavy (non-hydrogen) atoms. The van der Waals surface area contributed by atoms with Crippen LogP contribution in [0.4, 0.5) is 10.5 Å². The van der Waals surface area contributed by atoms with Gasteiger partial charge in [0.25, 0.3) is 0 Å². The lowest BCUT2D eigenvalue weighted by Crippen LogP contribution is -2.54. The van der Waals surface area contributed by atoms with Crippen molar-refractivity contribution in [3.05, 3.63) is 29.8 Å². The van der Waals surface area contributed by atoms with Gasteiger partial charge >= 0.3 is 12.1 Å². The van der Waals surface area contributed by atoms with E-state index in [2.05, 4.69) is 4.90 Å². The Bertz CT molecular complexity index is 577. The molecular formula is C17H24N2O4. The highest BCUT2D eigenvalue weighted by molar-refractivity contribution is 5.88. The fourth-order valence-corrected chi connectivity index (χ4v) is 2.63. The molecule has 6 heteroatoms. The van der Waals surface area contributed by atoms with Crippen molar-refractivity contribution in [2.24, 2.45) is 0 Å². The molecular weight excluding hydrogens is 296 g/mol. The molecule has 1 atom stereocenters. The van der Waals surface area contributed by atoms with E-state index in [1.165, 1.54) is 0 Å². The molecule has 1 N–H and O–H groups in total. The van der Waals surface area contributed by atoms with Crippen LogP contribution in [0, 0.1) is 0 Å². The molecule has 0 aromatic heterocycles. The number of carbonyl (C=O) groups is 2. The maximum atomic E-state index is 12.1. The normalized spacial score (nSPS) is 18.7. The number of nitrogens with zero attached hydrogens (tertiary/aromatic N) is 2. The Labute approximate surface area is 136 Å². The van der Waals surface area contributed by atoms with Gasteiger partial charge in [0.15, 0.2) is 0 Å². The average molecular weight is 320 g/mol. The maximum Gasteiger partial charge on any atom is 0.410 e. The summed E-state index contributed by atoms with van der Waals surface area (Å²) in [5.74, 6) is -0.931. The standard InChI is InChI=1S/C17H24N2O4/c1-12-11-18(16(22)23-17(2,3)4)9-10-19(12)14-7-5-13(6-8-14)15(20)21/h5-8,12H,9-11H2,1-4H3,(H,20,21). The maximum absolute atomic E-state index is 12.1. The molecule has 0 radical (unpaired) electrons. The van der Waals surface area contributed by atoms with E-state index in [1.54, 1.807) is 17.0 Å². The van der Waals surface area contributed by atoms with Crippen molar-refractivity contribution >= 4 is 17.7 Å². The number of rotatable bonds is 2. The van der Waals surface area contributed by atoms with E-state index in [4.69, 9.17) is 9.84 Å². The molecule has 126 valence electrons. The van der Waals surface area contributed by atoms with E-state index in [0.29, 0.717) is 19.6 Å². The van der Waals surface area contributed by atoms with Gasteiger partial charge in [-0.15, -0.1) is 0 Å². The first kappa shape index (κ1) is 17.1. The van der Waals surface area contributed by atoms with Crippen molar-refractivity contribution in [1.82, 2.24) is 4.90 Å². The first-order chi connectivity index (χ1) is 10.7. The van der Waals surface area contributed by atoms with Crippen LogP contribution in [0.25, 0.3) is 0 Å². The van der Waals surface area contributed by atoms with Crippen LogP contribution in [-0.4, -0.2) is 53.3 Å². The van der Waals surface area contributed by atoms with Crippen LogP contribution in [-0.2, 0) is 4.74 Å². The predicted octanol–water partition coefficient (Wildman–Crippen LogP) is 2.83. The Morgan fingerprint density at radius 1 is 1.17 bits per heavy atom. The number of carbonyl (C=O) groups excluding carboxylic acids is 1. The topological polar surface area (TPSA) is 70.1 Å². The summed E-state index contributed by atoms with van der Waals surface area (Å²) in [6.07, 6.45) is -0.287. The van der Waals surface area contributed by atoms with E-state index >= 15 is 0 Å². The molecule has 1 aromatic carbocycles. The van der Waals surface area contributed by atoms with Crippen molar-refractivity contribution in [3.63, 3.8) is 0 Å². The van der Waals surface area contributed by atoms with E-state index in [-0.39, 0.29) is 17.7 Å². The van der Waals surface area contributed by atoms with E-state index < -0.39 is 11.6 Å². The average Bonchev–Trinajstić information content (AvgIpc) is 2.45. The summed E-state index contributed by atoms with van der Waals surface area (Å²) in [5.41, 5.74) is 0.740. The summed E-state index contributed by atoms with van der Waals surface area (Å²) in [6, 6.07) is 6.95. The van der Waals surface area contributed by atoms with Gasteiger partial charge in [-0.05, 0) is 52.0 Å². The molecule has 6 nitrogen and oxygen atoms in total. The number of amides is 1. The van der Waals surface area contributed by atoms with Crippen molar-refractivity contribution in [2.75, 3.05) is 24.5 Å². The largest absolute Gasteiger partial charge is 0.478 e. The van der Waals surface area contributed by atoms with Crippen LogP contribution in [0.1, 0.15) is 38.1 Å². The summed E-state index contributed by atoms with van der Waals surface area (Å²) in [5, 5.41) is 8.95.